The van der Waals surface area contributed by atoms with Crippen molar-refractivity contribution < 1.29 is 81.5 Å². The fraction of sp³-hybridized carbons (Fsp3) is 0.793. The number of aromatic nitrogens is 1. The molecule has 4 saturated heterocycles. The number of carboxylic acids is 1. The number of aromatic carboxylic acids is 1. The maximum atomic E-state index is 15.2. The number of aliphatic hydroxyl groups excluding tert-OH is 1. The third kappa shape index (κ3) is 14.7. The number of anilines is 1. The van der Waals surface area contributed by atoms with Gasteiger partial charge in [-0.2, -0.15) is 0 Å². The number of benzene rings is 1. The second-order valence-corrected chi connectivity index (χ2v) is 24.4. The van der Waals surface area contributed by atoms with Gasteiger partial charge in [0.15, 0.2) is 24.3 Å². The number of likely N-dealkylation sites (N-methyl/N-ethyl adjacent to an activating group) is 2. The second-order valence-electron chi connectivity index (χ2n) is 24.4. The average Bonchev–Trinajstić information content (AvgIpc) is 4.41. The van der Waals surface area contributed by atoms with Crippen molar-refractivity contribution in [3.05, 3.63) is 39.9 Å². The van der Waals surface area contributed by atoms with E-state index < -0.39 is 113 Å². The Morgan fingerprint density at radius 1 is 0.938 bits per heavy atom. The van der Waals surface area contributed by atoms with E-state index in [0.717, 1.165) is 18.9 Å². The van der Waals surface area contributed by atoms with Crippen molar-refractivity contribution in [2.24, 2.45) is 17.8 Å². The quantitative estimate of drug-likeness (QED) is 0.0831. The molecule has 22 nitrogen and oxygen atoms in total. The van der Waals surface area contributed by atoms with E-state index in [1.165, 1.54) is 6.20 Å². The molecule has 1 aromatic heterocycles. The van der Waals surface area contributed by atoms with Crippen LogP contribution in [0.2, 0.25) is 0 Å². The number of nitrogens with one attached hydrogen (secondary N) is 2. The number of nitrogens with zero attached hydrogens (tertiary/aromatic N) is 3. The van der Waals surface area contributed by atoms with Crippen LogP contribution in [-0.4, -0.2) is 212 Å². The number of ether oxygens (including phenoxy) is 10. The van der Waals surface area contributed by atoms with E-state index >= 15 is 4.39 Å². The lowest BCUT2D eigenvalue weighted by Gasteiger charge is -2.49. The number of carbonyl (C=O) groups excluding carboxylic acids is 2. The van der Waals surface area contributed by atoms with Gasteiger partial charge in [0, 0.05) is 75.3 Å². The topological polar surface area (TPSA) is 257 Å². The first-order chi connectivity index (χ1) is 38.1. The van der Waals surface area contributed by atoms with Crippen LogP contribution < -0.4 is 16.1 Å². The summed E-state index contributed by atoms with van der Waals surface area (Å²) in [5, 5.41) is 40.6. The smallest absolute Gasteiger partial charge is 0.477 e. The monoisotopic (exact) mass is 1150 g/mol. The number of cyclic esters (lactones) is 1. The molecular formula is C58H92FN5O17. The van der Waals surface area contributed by atoms with Gasteiger partial charge in [0.05, 0.1) is 72.6 Å². The Bertz CT molecular complexity index is 2540. The summed E-state index contributed by atoms with van der Waals surface area (Å²) in [6.45, 7) is 21.1. The van der Waals surface area contributed by atoms with Crippen molar-refractivity contribution in [3.63, 3.8) is 0 Å². The van der Waals surface area contributed by atoms with Crippen LogP contribution in [0.3, 0.4) is 0 Å². The van der Waals surface area contributed by atoms with Gasteiger partial charge in [-0.15, -0.1) is 0 Å². The minimum absolute atomic E-state index is 0.0254. The minimum atomic E-state index is -1.60. The Kier molecular flexibility index (Phi) is 21.4. The zero-order valence-corrected chi connectivity index (χ0v) is 49.9. The lowest BCUT2D eigenvalue weighted by molar-refractivity contribution is -0.320. The van der Waals surface area contributed by atoms with E-state index in [9.17, 15) is 34.5 Å². The highest BCUT2D eigenvalue weighted by atomic mass is 19.1. The Balaban J connectivity index is 1.01. The number of carbonyl (C=O) groups is 3. The fourth-order valence-electron chi connectivity index (χ4n) is 12.8. The molecule has 0 amide bonds. The molecule has 5 N–H and O–H groups in total. The zero-order chi connectivity index (χ0) is 59.5. The number of methoxy groups -OCH3 is 1. The van der Waals surface area contributed by atoms with Crippen LogP contribution in [0.1, 0.15) is 124 Å². The summed E-state index contributed by atoms with van der Waals surface area (Å²) in [5.74, 6) is -4.63. The highest BCUT2D eigenvalue weighted by Crippen LogP contribution is 2.43. The van der Waals surface area contributed by atoms with Crippen LogP contribution in [0, 0.1) is 23.6 Å². The number of rotatable bonds is 20. The molecule has 0 unspecified atom stereocenters. The molecule has 5 fully saturated rings. The van der Waals surface area contributed by atoms with Crippen molar-refractivity contribution in [3.8, 4) is 0 Å². The van der Waals surface area contributed by atoms with Gasteiger partial charge in [-0.05, 0) is 120 Å². The Labute approximate surface area is 475 Å². The maximum Gasteiger partial charge on any atom is 0.509 e. The molecule has 81 heavy (non-hydrogen) atoms. The number of fused-ring (bicyclic) bond motifs is 2. The van der Waals surface area contributed by atoms with Crippen molar-refractivity contribution in [2.45, 2.75) is 204 Å². The van der Waals surface area contributed by atoms with E-state index in [2.05, 4.69) is 10.6 Å². The molecule has 458 valence electrons. The van der Waals surface area contributed by atoms with Crippen LogP contribution in [0.15, 0.2) is 23.1 Å². The number of halogens is 1. The van der Waals surface area contributed by atoms with Crippen LogP contribution >= 0.6 is 0 Å². The number of pyridine rings is 1. The van der Waals surface area contributed by atoms with E-state index in [-0.39, 0.29) is 79.4 Å². The normalized spacial score (nSPS) is 37.5. The lowest BCUT2D eigenvalue weighted by atomic mass is 9.77. The molecule has 5 heterocycles. The molecule has 1 aromatic carbocycles. The summed E-state index contributed by atoms with van der Waals surface area (Å²) >= 11 is 0. The predicted octanol–water partition coefficient (Wildman–Crippen LogP) is 5.31. The van der Waals surface area contributed by atoms with Gasteiger partial charge in [0.1, 0.15) is 29.7 Å². The van der Waals surface area contributed by atoms with E-state index in [4.69, 9.17) is 47.4 Å². The lowest BCUT2D eigenvalue weighted by Crippen LogP contribution is -2.61. The van der Waals surface area contributed by atoms with E-state index in [0.29, 0.717) is 44.6 Å². The van der Waals surface area contributed by atoms with Crippen LogP contribution in [0.25, 0.3) is 10.9 Å². The number of hydrogen-bond acceptors (Lipinski definition) is 20. The molecule has 23 heteroatoms. The molecule has 2 aromatic rings. The maximum absolute atomic E-state index is 15.2. The molecule has 1 saturated carbocycles. The van der Waals surface area contributed by atoms with Gasteiger partial charge < -0.3 is 82.8 Å². The number of esters is 1. The molecular weight excluding hydrogens is 1060 g/mol. The van der Waals surface area contributed by atoms with E-state index in [1.807, 2.05) is 79.4 Å². The zero-order valence-electron chi connectivity index (χ0n) is 49.9. The first kappa shape index (κ1) is 64.5. The average molecular weight is 1150 g/mol. The summed E-state index contributed by atoms with van der Waals surface area (Å²) in [6.07, 6.45) is -5.05. The Morgan fingerprint density at radius 3 is 2.28 bits per heavy atom. The van der Waals surface area contributed by atoms with Crippen LogP contribution in [0.4, 0.5) is 14.9 Å². The van der Waals surface area contributed by atoms with Crippen molar-refractivity contribution >= 4 is 34.7 Å². The summed E-state index contributed by atoms with van der Waals surface area (Å²) in [6, 6.07) is 2.00. The van der Waals surface area contributed by atoms with Gasteiger partial charge >= 0.3 is 18.1 Å². The molecule has 18 atom stereocenters. The molecule has 5 aliphatic rings. The van der Waals surface area contributed by atoms with Gasteiger partial charge in [-0.25, -0.2) is 14.0 Å². The molecule has 0 bridgehead atoms. The van der Waals surface area contributed by atoms with Crippen molar-refractivity contribution in [1.29, 1.82) is 0 Å². The number of aliphatic hydroxyl groups is 2. The van der Waals surface area contributed by atoms with Crippen molar-refractivity contribution in [2.75, 3.05) is 79.6 Å². The standard InChI is InChI=1S/C58H92FN5O17/c1-15-44-58(10)50(80-55(70)81-58)35(6)63(13)29-31(2)27-56(8,71)49(79-54-47(66)43(62(11)12)24-32(3)75-54)33(4)48(34(5)53(69)77-44)78-45-28-57(9,72-14)51(36(7)76-45)74-23-19-60-18-21-73-22-20-61-41-26-42-38(25-40(41)59)46(65)39(52(67)68)30-64(42)37-16-17-37/h25-26,30-37,43-45,47-51,54,60-61,66,71H,15-24,27-29H2,1-14H3,(H,67,68)/t31-,32-,33+,34-,35-,36+,43+,44-,45+,47-,48+,49+,50+,51+,54+,56-,57-,58-/m1/s1. The summed E-state index contributed by atoms with van der Waals surface area (Å²) < 4.78 is 80.3. The van der Waals surface area contributed by atoms with Crippen molar-refractivity contribution in [1.82, 2.24) is 19.7 Å². The van der Waals surface area contributed by atoms with Gasteiger partial charge in [0.25, 0.3) is 0 Å². The SMILES string of the molecule is CC[C@H]1OC(=O)[C@H](C)[C@@H](O[C@H]2C[C@@](C)(OC)[C@@H](OCCNCCOCCNc3cc4c(cc3F)c(=O)c(C(=O)O)cn4C3CC3)[C@H](C)O2)[C@H](C)[C@H](O[C@@H]2O[C@H](C)C[C@H](N(C)C)[C@H]2O)[C@](C)(O)C[C@@H](C)CN(C)[C@H](C)[C@@H]2OC(=O)O[C@]12C. The molecule has 0 radical (unpaired) electrons. The fourth-order valence-corrected chi connectivity index (χ4v) is 12.8. The first-order valence-electron chi connectivity index (χ1n) is 28.9. The minimum Gasteiger partial charge on any atom is -0.477 e. The Hall–Kier alpha value is -4.11. The third-order valence-corrected chi connectivity index (χ3v) is 17.5. The molecule has 4 aliphatic heterocycles. The number of hydrogen-bond donors (Lipinski definition) is 5. The highest BCUT2D eigenvalue weighted by Gasteiger charge is 2.58. The van der Waals surface area contributed by atoms with E-state index in [1.54, 1.807) is 38.5 Å². The molecule has 7 rings (SSSR count). The van der Waals surface area contributed by atoms with Gasteiger partial charge in [-0.1, -0.05) is 20.8 Å². The summed E-state index contributed by atoms with van der Waals surface area (Å²) in [5.41, 5.74) is -4.34. The largest absolute Gasteiger partial charge is 0.509 e. The Morgan fingerprint density at radius 2 is 1.63 bits per heavy atom. The predicted molar refractivity (Wildman–Crippen MR) is 297 cm³/mol. The molecule has 1 aliphatic carbocycles. The summed E-state index contributed by atoms with van der Waals surface area (Å²) in [4.78, 5) is 56.3. The number of carboxylic acid groups (broad SMARTS) is 1. The highest BCUT2D eigenvalue weighted by molar-refractivity contribution is 5.93. The van der Waals surface area contributed by atoms with Gasteiger partial charge in [-0.3, -0.25) is 14.5 Å². The molecule has 0 spiro atoms. The summed E-state index contributed by atoms with van der Waals surface area (Å²) in [7, 11) is 7.28. The van der Waals surface area contributed by atoms with Gasteiger partial charge in [0.2, 0.25) is 5.43 Å². The third-order valence-electron chi connectivity index (χ3n) is 17.5. The second kappa shape index (κ2) is 26.9. The van der Waals surface area contributed by atoms with Crippen LogP contribution in [-0.2, 0) is 52.2 Å². The van der Waals surface area contributed by atoms with Crippen LogP contribution in [0.5, 0.6) is 0 Å². The first-order valence-corrected chi connectivity index (χ1v) is 28.9.